The van der Waals surface area contributed by atoms with Crippen LogP contribution in [0.3, 0.4) is 0 Å². The third-order valence-corrected chi connectivity index (χ3v) is 5.38. The van der Waals surface area contributed by atoms with Gasteiger partial charge in [0.15, 0.2) is 0 Å². The first-order chi connectivity index (χ1) is 12.5. The van der Waals surface area contributed by atoms with Gasteiger partial charge in [0, 0.05) is 10.8 Å². The lowest BCUT2D eigenvalue weighted by molar-refractivity contribution is -0.137. The van der Waals surface area contributed by atoms with Crippen LogP contribution in [0.4, 0.5) is 4.39 Å². The number of hydrogen-bond donors (Lipinski definition) is 2. The largest absolute Gasteiger partial charge is 0.481 e. The monoisotopic (exact) mass is 373 g/mol. The van der Waals surface area contributed by atoms with Gasteiger partial charge in [-0.15, -0.1) is 11.8 Å². The molecule has 136 valence electrons. The van der Waals surface area contributed by atoms with Crippen molar-refractivity contribution in [1.82, 2.24) is 5.32 Å². The van der Waals surface area contributed by atoms with E-state index in [0.29, 0.717) is 6.42 Å². The lowest BCUT2D eigenvalue weighted by Crippen LogP contribution is -2.31. The molecule has 1 fully saturated rings. The van der Waals surface area contributed by atoms with Gasteiger partial charge in [0.25, 0.3) is 0 Å². The molecule has 0 saturated heterocycles. The van der Waals surface area contributed by atoms with E-state index in [1.807, 2.05) is 30.5 Å². The summed E-state index contributed by atoms with van der Waals surface area (Å²) in [5.74, 6) is -1.54. The minimum atomic E-state index is -0.963. The average molecular weight is 373 g/mol. The molecule has 1 aliphatic carbocycles. The Bertz CT molecular complexity index is 792. The van der Waals surface area contributed by atoms with E-state index in [1.54, 1.807) is 23.9 Å². The SMILES string of the molecule is CSc1ccc(C(CC(=O)O)NC(=O)C2CC2c2ccc(F)cc2)cc1. The van der Waals surface area contributed by atoms with Gasteiger partial charge in [-0.05, 0) is 54.0 Å². The standard InChI is InChI=1S/C20H20FNO3S/c1-26-15-8-4-13(5-9-15)18(11-19(23)24)22-20(25)17-10-16(17)12-2-6-14(21)7-3-12/h2-9,16-18H,10-11H2,1H3,(H,22,25)(H,23,24). The van der Waals surface area contributed by atoms with Crippen LogP contribution < -0.4 is 5.32 Å². The van der Waals surface area contributed by atoms with Crippen LogP contribution in [0.5, 0.6) is 0 Å². The molecule has 6 heteroatoms. The van der Waals surface area contributed by atoms with E-state index in [2.05, 4.69) is 5.32 Å². The first kappa shape index (κ1) is 18.5. The molecule has 2 aromatic carbocycles. The van der Waals surface area contributed by atoms with E-state index in [-0.39, 0.29) is 30.0 Å². The van der Waals surface area contributed by atoms with Crippen molar-refractivity contribution in [3.8, 4) is 0 Å². The summed E-state index contributed by atoms with van der Waals surface area (Å²) >= 11 is 1.60. The quantitative estimate of drug-likeness (QED) is 0.721. The topological polar surface area (TPSA) is 66.4 Å². The molecule has 26 heavy (non-hydrogen) atoms. The maximum Gasteiger partial charge on any atom is 0.305 e. The van der Waals surface area contributed by atoms with Gasteiger partial charge in [0.2, 0.25) is 5.91 Å². The number of halogens is 1. The molecular formula is C20H20FNO3S. The van der Waals surface area contributed by atoms with Crippen molar-refractivity contribution >= 4 is 23.6 Å². The van der Waals surface area contributed by atoms with Gasteiger partial charge in [-0.25, -0.2) is 4.39 Å². The van der Waals surface area contributed by atoms with Crippen LogP contribution in [-0.2, 0) is 9.59 Å². The number of rotatable bonds is 7. The van der Waals surface area contributed by atoms with Crippen LogP contribution >= 0.6 is 11.8 Å². The zero-order valence-corrected chi connectivity index (χ0v) is 15.1. The number of carbonyl (C=O) groups is 2. The number of aliphatic carboxylic acids is 1. The lowest BCUT2D eigenvalue weighted by atomic mass is 10.0. The van der Waals surface area contributed by atoms with E-state index in [9.17, 15) is 19.1 Å². The highest BCUT2D eigenvalue weighted by atomic mass is 32.2. The average Bonchev–Trinajstić information content (AvgIpc) is 3.42. The van der Waals surface area contributed by atoms with E-state index in [1.165, 1.54) is 12.1 Å². The molecular weight excluding hydrogens is 353 g/mol. The van der Waals surface area contributed by atoms with Gasteiger partial charge in [-0.3, -0.25) is 9.59 Å². The summed E-state index contributed by atoms with van der Waals surface area (Å²) in [7, 11) is 0. The number of hydrogen-bond acceptors (Lipinski definition) is 3. The Hall–Kier alpha value is -2.34. The van der Waals surface area contributed by atoms with Crippen LogP contribution in [-0.4, -0.2) is 23.2 Å². The second kappa shape index (κ2) is 7.91. The van der Waals surface area contributed by atoms with Gasteiger partial charge in [-0.2, -0.15) is 0 Å². The maximum absolute atomic E-state index is 13.0. The molecule has 3 unspecified atom stereocenters. The highest BCUT2D eigenvalue weighted by molar-refractivity contribution is 7.98. The smallest absolute Gasteiger partial charge is 0.305 e. The number of nitrogens with one attached hydrogen (secondary N) is 1. The summed E-state index contributed by atoms with van der Waals surface area (Å²) in [6.07, 6.45) is 2.50. The molecule has 0 radical (unpaired) electrons. The molecule has 0 bridgehead atoms. The van der Waals surface area contributed by atoms with Crippen molar-refractivity contribution in [2.75, 3.05) is 6.26 Å². The summed E-state index contributed by atoms with van der Waals surface area (Å²) in [4.78, 5) is 24.8. The van der Waals surface area contributed by atoms with Crippen LogP contribution in [0.15, 0.2) is 53.4 Å². The third-order valence-electron chi connectivity index (χ3n) is 4.64. The Morgan fingerprint density at radius 3 is 2.42 bits per heavy atom. The Morgan fingerprint density at radius 1 is 1.19 bits per heavy atom. The molecule has 3 rings (SSSR count). The summed E-state index contributed by atoms with van der Waals surface area (Å²) < 4.78 is 13.0. The van der Waals surface area contributed by atoms with Crippen LogP contribution in [0.25, 0.3) is 0 Å². The van der Waals surface area contributed by atoms with Gasteiger partial charge in [-0.1, -0.05) is 24.3 Å². The normalized spacial score (nSPS) is 19.6. The van der Waals surface area contributed by atoms with Gasteiger partial charge >= 0.3 is 5.97 Å². The highest BCUT2D eigenvalue weighted by Crippen LogP contribution is 2.47. The molecule has 1 amide bonds. The fraction of sp³-hybridized carbons (Fsp3) is 0.300. The second-order valence-corrected chi connectivity index (χ2v) is 7.31. The molecule has 0 aliphatic heterocycles. The van der Waals surface area contributed by atoms with E-state index < -0.39 is 12.0 Å². The number of carboxylic acid groups (broad SMARTS) is 1. The second-order valence-electron chi connectivity index (χ2n) is 6.43. The summed E-state index contributed by atoms with van der Waals surface area (Å²) in [5.41, 5.74) is 1.71. The zero-order chi connectivity index (χ0) is 18.7. The first-order valence-electron chi connectivity index (χ1n) is 8.39. The maximum atomic E-state index is 13.0. The minimum Gasteiger partial charge on any atom is -0.481 e. The molecule has 1 saturated carbocycles. The van der Waals surface area contributed by atoms with Crippen molar-refractivity contribution in [2.45, 2.75) is 29.7 Å². The number of thioether (sulfide) groups is 1. The molecule has 0 spiro atoms. The molecule has 2 aromatic rings. The van der Waals surface area contributed by atoms with Gasteiger partial charge in [0.1, 0.15) is 5.82 Å². The van der Waals surface area contributed by atoms with E-state index in [0.717, 1.165) is 16.0 Å². The third kappa shape index (κ3) is 4.43. The molecule has 0 aromatic heterocycles. The molecule has 3 atom stereocenters. The molecule has 0 heterocycles. The number of carboxylic acids is 1. The fourth-order valence-corrected chi connectivity index (χ4v) is 3.51. The number of carbonyl (C=O) groups excluding carboxylic acids is 1. The fourth-order valence-electron chi connectivity index (χ4n) is 3.10. The van der Waals surface area contributed by atoms with Crippen molar-refractivity contribution in [3.63, 3.8) is 0 Å². The Balaban J connectivity index is 1.67. The molecule has 4 nitrogen and oxygen atoms in total. The van der Waals surface area contributed by atoms with Crippen LogP contribution in [0.2, 0.25) is 0 Å². The Kier molecular flexibility index (Phi) is 5.61. The van der Waals surface area contributed by atoms with E-state index >= 15 is 0 Å². The first-order valence-corrected chi connectivity index (χ1v) is 9.62. The lowest BCUT2D eigenvalue weighted by Gasteiger charge is -2.18. The van der Waals surface area contributed by atoms with Crippen molar-refractivity contribution in [2.24, 2.45) is 5.92 Å². The van der Waals surface area contributed by atoms with Crippen molar-refractivity contribution < 1.29 is 19.1 Å². The number of amides is 1. The molecule has 2 N–H and O–H groups in total. The Morgan fingerprint density at radius 2 is 1.85 bits per heavy atom. The zero-order valence-electron chi connectivity index (χ0n) is 14.3. The predicted octanol–water partition coefficient (Wildman–Crippen LogP) is 3.98. The predicted molar refractivity (Wildman–Crippen MR) is 98.6 cm³/mol. The van der Waals surface area contributed by atoms with Crippen LogP contribution in [0, 0.1) is 11.7 Å². The highest BCUT2D eigenvalue weighted by Gasteiger charge is 2.44. The summed E-state index contributed by atoms with van der Waals surface area (Å²) in [6.45, 7) is 0. The van der Waals surface area contributed by atoms with Crippen LogP contribution in [0.1, 0.15) is 35.9 Å². The van der Waals surface area contributed by atoms with Gasteiger partial charge in [0.05, 0.1) is 12.5 Å². The summed E-state index contributed by atoms with van der Waals surface area (Å²) in [6, 6.07) is 13.1. The summed E-state index contributed by atoms with van der Waals surface area (Å²) in [5, 5.41) is 12.1. The van der Waals surface area contributed by atoms with Crippen molar-refractivity contribution in [1.29, 1.82) is 0 Å². The van der Waals surface area contributed by atoms with E-state index in [4.69, 9.17) is 0 Å². The molecule has 1 aliphatic rings. The Labute approximate surface area is 155 Å². The number of benzene rings is 2. The van der Waals surface area contributed by atoms with Crippen molar-refractivity contribution in [3.05, 3.63) is 65.5 Å². The van der Waals surface area contributed by atoms with Gasteiger partial charge < -0.3 is 10.4 Å². The minimum absolute atomic E-state index is 0.0694.